The van der Waals surface area contributed by atoms with Crippen LogP contribution in [-0.4, -0.2) is 41.4 Å². The Morgan fingerprint density at radius 3 is 2.00 bits per heavy atom. The van der Waals surface area contributed by atoms with Gasteiger partial charge < -0.3 is 30.6 Å². The molecule has 15 heavy (non-hydrogen) atoms. The van der Waals surface area contributed by atoms with Crippen LogP contribution >= 0.6 is 0 Å². The number of ether oxygens (including phenoxy) is 1. The third-order valence-electron chi connectivity index (χ3n) is 1.99. The summed E-state index contributed by atoms with van der Waals surface area (Å²) in [7, 11) is -2.14. The molecule has 6 N–H and O–H groups in total. The zero-order valence-corrected chi connectivity index (χ0v) is 8.08. The Labute approximate surface area is 87.2 Å². The highest BCUT2D eigenvalue weighted by Crippen LogP contribution is 2.09. The van der Waals surface area contributed by atoms with E-state index in [0.29, 0.717) is 0 Å². The van der Waals surface area contributed by atoms with E-state index in [4.69, 9.17) is 30.6 Å². The van der Waals surface area contributed by atoms with E-state index in [0.717, 1.165) is 0 Å². The van der Waals surface area contributed by atoms with Crippen molar-refractivity contribution >= 4 is 30.8 Å². The smallest absolute Gasteiger partial charge is 0.492 e. The summed E-state index contributed by atoms with van der Waals surface area (Å²) < 4.78 is 4.85. The topological polar surface area (TPSA) is 116 Å². The molecule has 0 aromatic heterocycles. The predicted molar refractivity (Wildman–Crippen MR) is 57.1 cm³/mol. The lowest BCUT2D eigenvalue weighted by molar-refractivity contribution is 0.402. The Hall–Kier alpha value is -1.21. The molecule has 0 aliphatic rings. The molecule has 0 heterocycles. The van der Waals surface area contributed by atoms with Crippen LogP contribution in [0.25, 0.3) is 0 Å². The van der Waals surface area contributed by atoms with Crippen LogP contribution in [-0.2, 0) is 0 Å². The van der Waals surface area contributed by atoms with Crippen molar-refractivity contribution in [3.05, 3.63) is 12.1 Å². The van der Waals surface area contributed by atoms with Gasteiger partial charge in [0.2, 0.25) is 0 Å². The van der Waals surface area contributed by atoms with Gasteiger partial charge in [-0.1, -0.05) is 0 Å². The fourth-order valence-electron chi connectivity index (χ4n) is 1.23. The summed E-state index contributed by atoms with van der Waals surface area (Å²) in [5.74, 6) is 0.127. The third kappa shape index (κ3) is 2.42. The maximum absolute atomic E-state index is 8.98. The summed E-state index contributed by atoms with van der Waals surface area (Å²) >= 11 is 0. The number of anilines is 1. The summed E-state index contributed by atoms with van der Waals surface area (Å²) in [4.78, 5) is 0. The molecule has 0 spiro atoms. The molecule has 0 saturated heterocycles. The molecule has 0 bridgehead atoms. The molecule has 0 amide bonds. The second-order valence-electron chi connectivity index (χ2n) is 2.97. The molecule has 6 nitrogen and oxygen atoms in total. The molecule has 8 heteroatoms. The number of nitrogen functional groups attached to an aromatic ring is 1. The molecule has 0 radical (unpaired) electrons. The molecule has 80 valence electrons. The van der Waals surface area contributed by atoms with E-state index in [-0.39, 0.29) is 22.4 Å². The SMILES string of the molecule is COc1cc(B(O)O)c(N)cc1B(O)O. The number of benzene rings is 1. The lowest BCUT2D eigenvalue weighted by Crippen LogP contribution is -2.38. The van der Waals surface area contributed by atoms with E-state index in [9.17, 15) is 0 Å². The Morgan fingerprint density at radius 2 is 1.60 bits per heavy atom. The molecule has 1 aromatic carbocycles. The molecule has 0 aliphatic heterocycles. The maximum atomic E-state index is 8.98. The molecule has 0 atom stereocenters. The summed E-state index contributed by atoms with van der Waals surface area (Å²) in [6.45, 7) is 0. The van der Waals surface area contributed by atoms with Gasteiger partial charge in [0, 0.05) is 16.6 Å². The standard InChI is InChI=1S/C7H11B2NO5/c1-15-7-3-4(8(11)12)6(10)2-5(7)9(13)14/h2-3,11-14H,10H2,1H3. The van der Waals surface area contributed by atoms with Crippen LogP contribution in [0.1, 0.15) is 0 Å². The first-order chi connectivity index (χ1) is 6.97. The van der Waals surface area contributed by atoms with Crippen LogP contribution in [0.3, 0.4) is 0 Å². The number of hydrogen-bond donors (Lipinski definition) is 5. The lowest BCUT2D eigenvalue weighted by atomic mass is 9.73. The van der Waals surface area contributed by atoms with Crippen molar-refractivity contribution in [3.8, 4) is 5.75 Å². The van der Waals surface area contributed by atoms with Crippen molar-refractivity contribution in [1.82, 2.24) is 0 Å². The Bertz CT molecular complexity index is 357. The van der Waals surface area contributed by atoms with E-state index in [1.807, 2.05) is 0 Å². The zero-order valence-electron chi connectivity index (χ0n) is 8.08. The van der Waals surface area contributed by atoms with Crippen molar-refractivity contribution in [3.63, 3.8) is 0 Å². The second kappa shape index (κ2) is 4.54. The number of hydrogen-bond acceptors (Lipinski definition) is 6. The molecule has 0 saturated carbocycles. The van der Waals surface area contributed by atoms with E-state index < -0.39 is 14.2 Å². The minimum absolute atomic E-state index is 0.0499. The Kier molecular flexibility index (Phi) is 3.59. The van der Waals surface area contributed by atoms with Gasteiger partial charge in [0.15, 0.2) is 0 Å². The van der Waals surface area contributed by atoms with Gasteiger partial charge in [-0.05, 0) is 12.1 Å². The average molecular weight is 211 g/mol. The maximum Gasteiger partial charge on any atom is 0.492 e. The van der Waals surface area contributed by atoms with Crippen molar-refractivity contribution in [2.24, 2.45) is 0 Å². The monoisotopic (exact) mass is 211 g/mol. The third-order valence-corrected chi connectivity index (χ3v) is 1.99. The molecule has 1 rings (SSSR count). The molecule has 0 unspecified atom stereocenters. The van der Waals surface area contributed by atoms with Gasteiger partial charge in [-0.25, -0.2) is 0 Å². The van der Waals surface area contributed by atoms with Gasteiger partial charge in [0.1, 0.15) is 5.75 Å². The van der Waals surface area contributed by atoms with Gasteiger partial charge in [-0.15, -0.1) is 0 Å². The van der Waals surface area contributed by atoms with Gasteiger partial charge in [0.05, 0.1) is 7.11 Å². The number of rotatable bonds is 3. The highest BCUT2D eigenvalue weighted by Gasteiger charge is 2.23. The van der Waals surface area contributed by atoms with E-state index in [1.54, 1.807) is 0 Å². The summed E-state index contributed by atoms with van der Waals surface area (Å²) in [5.41, 5.74) is 5.66. The first-order valence-corrected chi connectivity index (χ1v) is 4.17. The highest BCUT2D eigenvalue weighted by molar-refractivity contribution is 6.63. The van der Waals surface area contributed by atoms with Gasteiger partial charge >= 0.3 is 14.2 Å². The van der Waals surface area contributed by atoms with Crippen LogP contribution in [0.4, 0.5) is 5.69 Å². The van der Waals surface area contributed by atoms with Gasteiger partial charge in [-0.2, -0.15) is 0 Å². The lowest BCUT2D eigenvalue weighted by Gasteiger charge is -2.12. The van der Waals surface area contributed by atoms with Crippen LogP contribution in [0.5, 0.6) is 5.75 Å². The van der Waals surface area contributed by atoms with Crippen LogP contribution < -0.4 is 21.4 Å². The normalized spacial score (nSPS) is 9.93. The second-order valence-corrected chi connectivity index (χ2v) is 2.97. The van der Waals surface area contributed by atoms with Gasteiger partial charge in [0.25, 0.3) is 0 Å². The summed E-state index contributed by atoms with van der Waals surface area (Å²) in [6.07, 6.45) is 0. The number of nitrogens with two attached hydrogens (primary N) is 1. The molecule has 0 fully saturated rings. The fourth-order valence-corrected chi connectivity index (χ4v) is 1.23. The van der Waals surface area contributed by atoms with Crippen molar-refractivity contribution in [1.29, 1.82) is 0 Å². The van der Waals surface area contributed by atoms with Crippen molar-refractivity contribution in [2.45, 2.75) is 0 Å². The quantitative estimate of drug-likeness (QED) is 0.263. The molecule has 1 aromatic rings. The minimum atomic E-state index is -1.73. The summed E-state index contributed by atoms with van der Waals surface area (Å²) in [6, 6.07) is 2.47. The van der Waals surface area contributed by atoms with Crippen LogP contribution in [0.2, 0.25) is 0 Å². The van der Waals surface area contributed by atoms with E-state index >= 15 is 0 Å². The first-order valence-electron chi connectivity index (χ1n) is 4.17. The van der Waals surface area contributed by atoms with Gasteiger partial charge in [-0.3, -0.25) is 0 Å². The largest absolute Gasteiger partial charge is 0.497 e. The minimum Gasteiger partial charge on any atom is -0.497 e. The van der Waals surface area contributed by atoms with Crippen molar-refractivity contribution < 1.29 is 24.8 Å². The van der Waals surface area contributed by atoms with E-state index in [2.05, 4.69) is 0 Å². The van der Waals surface area contributed by atoms with Crippen LogP contribution in [0.15, 0.2) is 12.1 Å². The number of methoxy groups -OCH3 is 1. The highest BCUT2D eigenvalue weighted by atomic mass is 16.5. The zero-order chi connectivity index (χ0) is 11.6. The molecule has 0 aliphatic carbocycles. The van der Waals surface area contributed by atoms with E-state index in [1.165, 1.54) is 19.2 Å². The molecular weight excluding hydrogens is 200 g/mol. The average Bonchev–Trinajstić information content (AvgIpc) is 2.16. The first kappa shape index (κ1) is 11.9. The molecular formula is C7H11B2NO5. The summed E-state index contributed by atoms with van der Waals surface area (Å²) in [5, 5.41) is 35.9. The Balaban J connectivity index is 3.29. The predicted octanol–water partition coefficient (Wildman–Crippen LogP) is -3.36. The van der Waals surface area contributed by atoms with Crippen LogP contribution in [0, 0.1) is 0 Å². The van der Waals surface area contributed by atoms with Crippen molar-refractivity contribution in [2.75, 3.05) is 12.8 Å². The Morgan fingerprint density at radius 1 is 1.07 bits per heavy atom. The fraction of sp³-hybridized carbons (Fsp3) is 0.143.